The molecule has 172 valence electrons. The topological polar surface area (TPSA) is 77.1 Å². The van der Waals surface area contributed by atoms with Crippen molar-refractivity contribution in [2.45, 2.75) is 38.3 Å². The fourth-order valence-corrected chi connectivity index (χ4v) is 3.89. The van der Waals surface area contributed by atoms with Crippen molar-refractivity contribution in [3.8, 4) is 11.5 Å². The lowest BCUT2D eigenvalue weighted by Crippen LogP contribution is -2.46. The number of nitrogens with zero attached hydrogens (tertiary/aromatic N) is 1. The van der Waals surface area contributed by atoms with E-state index >= 15 is 0 Å². The summed E-state index contributed by atoms with van der Waals surface area (Å²) < 4.78 is 16.2. The molecule has 2 unspecified atom stereocenters. The van der Waals surface area contributed by atoms with Crippen LogP contribution in [-0.4, -0.2) is 50.7 Å². The smallest absolute Gasteiger partial charge is 0.247 e. The number of carbonyl (C=O) groups is 2. The molecule has 2 aromatic rings. The van der Waals surface area contributed by atoms with Crippen LogP contribution in [0.2, 0.25) is 0 Å². The zero-order valence-electron chi connectivity index (χ0n) is 19.0. The van der Waals surface area contributed by atoms with Crippen LogP contribution >= 0.6 is 0 Å². The zero-order valence-corrected chi connectivity index (χ0v) is 19.0. The van der Waals surface area contributed by atoms with Crippen molar-refractivity contribution in [3.05, 3.63) is 59.7 Å². The fourth-order valence-electron chi connectivity index (χ4n) is 3.89. The van der Waals surface area contributed by atoms with Crippen LogP contribution in [0.15, 0.2) is 48.5 Å². The molecule has 0 aliphatic carbocycles. The molecule has 0 radical (unpaired) electrons. The SMILES string of the molecule is COCCOc1ccc(C(C)NC(=O)C(c2ccccc2)N2CCCCC2=O)cc1OC. The van der Waals surface area contributed by atoms with Crippen molar-refractivity contribution in [1.29, 1.82) is 0 Å². The Labute approximate surface area is 189 Å². The molecule has 2 aromatic carbocycles. The Hall–Kier alpha value is -3.06. The number of piperidine rings is 1. The Morgan fingerprint density at radius 2 is 1.81 bits per heavy atom. The molecule has 2 atom stereocenters. The van der Waals surface area contributed by atoms with E-state index in [4.69, 9.17) is 14.2 Å². The minimum Gasteiger partial charge on any atom is -0.493 e. The second kappa shape index (κ2) is 11.5. The first kappa shape index (κ1) is 23.6. The summed E-state index contributed by atoms with van der Waals surface area (Å²) >= 11 is 0. The predicted molar refractivity (Wildman–Crippen MR) is 122 cm³/mol. The van der Waals surface area contributed by atoms with Crippen molar-refractivity contribution in [2.24, 2.45) is 0 Å². The van der Waals surface area contributed by atoms with Gasteiger partial charge < -0.3 is 24.4 Å². The summed E-state index contributed by atoms with van der Waals surface area (Å²) in [5.74, 6) is 1.03. The summed E-state index contributed by atoms with van der Waals surface area (Å²) in [6.07, 6.45) is 2.25. The van der Waals surface area contributed by atoms with Crippen LogP contribution in [0.25, 0.3) is 0 Å². The van der Waals surface area contributed by atoms with Crippen LogP contribution < -0.4 is 14.8 Å². The van der Waals surface area contributed by atoms with Crippen LogP contribution in [0.1, 0.15) is 49.4 Å². The number of methoxy groups -OCH3 is 2. The third-order valence-corrected chi connectivity index (χ3v) is 5.63. The van der Waals surface area contributed by atoms with Gasteiger partial charge in [0.25, 0.3) is 0 Å². The van der Waals surface area contributed by atoms with Gasteiger partial charge in [-0.25, -0.2) is 0 Å². The van der Waals surface area contributed by atoms with Crippen LogP contribution in [-0.2, 0) is 14.3 Å². The molecule has 7 heteroatoms. The van der Waals surface area contributed by atoms with Crippen molar-refractivity contribution in [1.82, 2.24) is 10.2 Å². The molecule has 1 aliphatic heterocycles. The van der Waals surface area contributed by atoms with E-state index in [-0.39, 0.29) is 17.9 Å². The molecule has 0 saturated carbocycles. The molecule has 32 heavy (non-hydrogen) atoms. The van der Waals surface area contributed by atoms with Crippen molar-refractivity contribution < 1.29 is 23.8 Å². The average Bonchev–Trinajstić information content (AvgIpc) is 2.81. The minimum atomic E-state index is -0.648. The maximum atomic E-state index is 13.4. The van der Waals surface area contributed by atoms with Gasteiger partial charge in [0.2, 0.25) is 11.8 Å². The number of hydrogen-bond acceptors (Lipinski definition) is 5. The maximum Gasteiger partial charge on any atom is 0.247 e. The van der Waals surface area contributed by atoms with Crippen molar-refractivity contribution in [3.63, 3.8) is 0 Å². The van der Waals surface area contributed by atoms with Gasteiger partial charge in [0.1, 0.15) is 12.6 Å². The van der Waals surface area contributed by atoms with E-state index in [0.29, 0.717) is 37.7 Å². The molecular weight excluding hydrogens is 408 g/mol. The first-order chi connectivity index (χ1) is 15.5. The summed E-state index contributed by atoms with van der Waals surface area (Å²) in [7, 11) is 3.20. The molecule has 0 aromatic heterocycles. The molecule has 2 amide bonds. The summed E-state index contributed by atoms with van der Waals surface area (Å²) in [4.78, 5) is 27.7. The second-order valence-electron chi connectivity index (χ2n) is 7.84. The highest BCUT2D eigenvalue weighted by molar-refractivity contribution is 5.89. The molecule has 7 nitrogen and oxygen atoms in total. The first-order valence-corrected chi connectivity index (χ1v) is 11.0. The molecule has 1 N–H and O–H groups in total. The quantitative estimate of drug-likeness (QED) is 0.571. The van der Waals surface area contributed by atoms with Gasteiger partial charge in [0.05, 0.1) is 19.8 Å². The summed E-state index contributed by atoms with van der Waals surface area (Å²) in [6.45, 7) is 3.40. The van der Waals surface area contributed by atoms with Gasteiger partial charge in [-0.1, -0.05) is 36.4 Å². The Kier molecular flexibility index (Phi) is 8.50. The zero-order chi connectivity index (χ0) is 22.9. The molecular formula is C25H32N2O5. The maximum absolute atomic E-state index is 13.4. The Bertz CT molecular complexity index is 902. The Morgan fingerprint density at radius 1 is 1.03 bits per heavy atom. The minimum absolute atomic E-state index is 0.0205. The number of benzene rings is 2. The molecule has 0 spiro atoms. The van der Waals surface area contributed by atoms with Gasteiger partial charge in [-0.2, -0.15) is 0 Å². The lowest BCUT2D eigenvalue weighted by Gasteiger charge is -2.34. The lowest BCUT2D eigenvalue weighted by atomic mass is 9.99. The molecule has 1 heterocycles. The van der Waals surface area contributed by atoms with Gasteiger partial charge in [0.15, 0.2) is 11.5 Å². The number of carbonyl (C=O) groups excluding carboxylic acids is 2. The Morgan fingerprint density at radius 3 is 2.50 bits per heavy atom. The third kappa shape index (κ3) is 5.79. The van der Waals surface area contributed by atoms with Crippen molar-refractivity contribution in [2.75, 3.05) is 34.0 Å². The molecule has 1 fully saturated rings. The van der Waals surface area contributed by atoms with E-state index in [9.17, 15) is 9.59 Å². The van der Waals surface area contributed by atoms with Gasteiger partial charge in [-0.05, 0) is 43.0 Å². The standard InChI is InChI=1S/C25H32N2O5/c1-18(20-12-13-21(22(17-20)31-3)32-16-15-30-2)26-25(29)24(19-9-5-4-6-10-19)27-14-8-7-11-23(27)28/h4-6,9-10,12-13,17-18,24H,7-8,11,14-16H2,1-3H3,(H,26,29). The highest BCUT2D eigenvalue weighted by Crippen LogP contribution is 2.31. The van der Waals surface area contributed by atoms with Gasteiger partial charge in [-0.3, -0.25) is 9.59 Å². The lowest BCUT2D eigenvalue weighted by molar-refractivity contribution is -0.143. The summed E-state index contributed by atoms with van der Waals surface area (Å²) in [5, 5.41) is 3.09. The summed E-state index contributed by atoms with van der Waals surface area (Å²) in [6, 6.07) is 14.1. The van der Waals surface area contributed by atoms with Crippen molar-refractivity contribution >= 4 is 11.8 Å². The average molecular weight is 441 g/mol. The van der Waals surface area contributed by atoms with E-state index < -0.39 is 6.04 Å². The molecule has 0 bridgehead atoms. The highest BCUT2D eigenvalue weighted by Gasteiger charge is 2.33. The first-order valence-electron chi connectivity index (χ1n) is 11.0. The number of amides is 2. The van der Waals surface area contributed by atoms with E-state index in [1.54, 1.807) is 19.1 Å². The number of hydrogen-bond donors (Lipinski definition) is 1. The van der Waals surface area contributed by atoms with Gasteiger partial charge in [-0.15, -0.1) is 0 Å². The van der Waals surface area contributed by atoms with Crippen LogP contribution in [0.5, 0.6) is 11.5 Å². The van der Waals surface area contributed by atoms with Crippen LogP contribution in [0, 0.1) is 0 Å². The van der Waals surface area contributed by atoms with E-state index in [1.165, 1.54) is 0 Å². The number of ether oxygens (including phenoxy) is 3. The normalized spacial score (nSPS) is 15.7. The highest BCUT2D eigenvalue weighted by atomic mass is 16.5. The molecule has 1 saturated heterocycles. The summed E-state index contributed by atoms with van der Waals surface area (Å²) in [5.41, 5.74) is 1.69. The Balaban J connectivity index is 1.77. The monoisotopic (exact) mass is 440 g/mol. The van der Waals surface area contributed by atoms with Crippen LogP contribution in [0.4, 0.5) is 0 Å². The van der Waals surface area contributed by atoms with Gasteiger partial charge >= 0.3 is 0 Å². The second-order valence-corrected chi connectivity index (χ2v) is 7.84. The molecule has 3 rings (SSSR count). The van der Waals surface area contributed by atoms with E-state index in [1.807, 2.05) is 55.5 Å². The fraction of sp³-hybridized carbons (Fsp3) is 0.440. The number of likely N-dealkylation sites (tertiary alicyclic amines) is 1. The molecule has 1 aliphatic rings. The number of nitrogens with one attached hydrogen (secondary N) is 1. The van der Waals surface area contributed by atoms with Crippen LogP contribution in [0.3, 0.4) is 0 Å². The van der Waals surface area contributed by atoms with E-state index in [2.05, 4.69) is 5.32 Å². The third-order valence-electron chi connectivity index (χ3n) is 5.63. The van der Waals surface area contributed by atoms with E-state index in [0.717, 1.165) is 24.0 Å². The predicted octanol–water partition coefficient (Wildman–Crippen LogP) is 3.65. The van der Waals surface area contributed by atoms with Gasteiger partial charge in [0, 0.05) is 20.1 Å². The number of rotatable bonds is 10. The largest absolute Gasteiger partial charge is 0.493 e.